The highest BCUT2D eigenvalue weighted by Gasteiger charge is 2.32. The van der Waals surface area contributed by atoms with Crippen LogP contribution in [-0.4, -0.2) is 6.18 Å². The minimum atomic E-state index is -4.33. The molecule has 0 aromatic carbocycles. The second kappa shape index (κ2) is 4.22. The van der Waals surface area contributed by atoms with Crippen LogP contribution in [0.4, 0.5) is 13.2 Å². The van der Waals surface area contributed by atoms with Crippen molar-refractivity contribution in [3.05, 3.63) is 34.9 Å². The Hall–Kier alpha value is -0.700. The Morgan fingerprint density at radius 2 is 2.07 bits per heavy atom. The fourth-order valence-electron chi connectivity index (χ4n) is 1.08. The van der Waals surface area contributed by atoms with Gasteiger partial charge in [0.2, 0.25) is 0 Å². The number of hydrogen-bond acceptors (Lipinski definition) is 0. The Morgan fingerprint density at radius 3 is 2.64 bits per heavy atom. The molecule has 0 heterocycles. The van der Waals surface area contributed by atoms with Crippen molar-refractivity contribution in [2.75, 3.05) is 0 Å². The second-order valence-corrected chi connectivity index (χ2v) is 3.69. The van der Waals surface area contributed by atoms with Gasteiger partial charge in [-0.3, -0.25) is 0 Å². The van der Waals surface area contributed by atoms with E-state index >= 15 is 0 Å². The van der Waals surface area contributed by atoms with Gasteiger partial charge in [-0.05, 0) is 18.4 Å². The minimum absolute atomic E-state index is 0.0785. The number of rotatable bonds is 0. The molecule has 0 aliphatic heterocycles. The molecule has 0 nitrogen and oxygen atoms in total. The van der Waals surface area contributed by atoms with Crippen LogP contribution in [0, 0.1) is 5.92 Å². The molecule has 0 N–H and O–H groups in total. The van der Waals surface area contributed by atoms with Gasteiger partial charge < -0.3 is 0 Å². The number of halogens is 4. The Morgan fingerprint density at radius 1 is 1.43 bits per heavy atom. The van der Waals surface area contributed by atoms with Gasteiger partial charge in [0, 0.05) is 5.03 Å². The molecular weight excluding hydrogens is 213 g/mol. The SMILES string of the molecule is CC1C=CC(C(F)(F)F)=CC(Cl)=CC1. The van der Waals surface area contributed by atoms with E-state index in [9.17, 15) is 13.2 Å². The molecule has 1 rings (SSSR count). The van der Waals surface area contributed by atoms with E-state index in [1.54, 1.807) is 12.2 Å². The zero-order chi connectivity index (χ0) is 10.8. The average Bonchev–Trinajstić information content (AvgIpc) is 2.03. The lowest BCUT2D eigenvalue weighted by atomic mass is 10.0. The summed E-state index contributed by atoms with van der Waals surface area (Å²) < 4.78 is 37.0. The molecule has 4 heteroatoms. The molecule has 0 aromatic heterocycles. The molecule has 0 aromatic rings. The molecule has 78 valence electrons. The maximum Gasteiger partial charge on any atom is 0.416 e. The highest BCUT2D eigenvalue weighted by atomic mass is 35.5. The van der Waals surface area contributed by atoms with Crippen LogP contribution in [0.2, 0.25) is 0 Å². The van der Waals surface area contributed by atoms with Gasteiger partial charge in [-0.1, -0.05) is 36.8 Å². The summed E-state index contributed by atoms with van der Waals surface area (Å²) in [5.41, 5.74) is -0.703. The lowest BCUT2D eigenvalue weighted by molar-refractivity contribution is -0.0882. The third-order valence-corrected chi connectivity index (χ3v) is 2.17. The van der Waals surface area contributed by atoms with Gasteiger partial charge in [0.05, 0.1) is 5.57 Å². The first-order valence-corrected chi connectivity index (χ1v) is 4.60. The second-order valence-electron chi connectivity index (χ2n) is 3.26. The van der Waals surface area contributed by atoms with Crippen LogP contribution in [-0.2, 0) is 0 Å². The molecule has 0 spiro atoms. The maximum atomic E-state index is 12.3. The zero-order valence-electron chi connectivity index (χ0n) is 7.61. The largest absolute Gasteiger partial charge is 0.416 e. The fraction of sp³-hybridized carbons (Fsp3) is 0.400. The molecule has 0 fully saturated rings. The third kappa shape index (κ3) is 3.22. The van der Waals surface area contributed by atoms with E-state index < -0.39 is 11.7 Å². The van der Waals surface area contributed by atoms with Crippen LogP contribution in [0.1, 0.15) is 13.3 Å². The standard InChI is InChI=1S/C10H10ClF3/c1-7-2-4-8(10(12,13)14)6-9(11)5-3-7/h2,4-7H,3H2,1H3. The van der Waals surface area contributed by atoms with Crippen molar-refractivity contribution in [1.82, 2.24) is 0 Å². The van der Waals surface area contributed by atoms with Crippen LogP contribution >= 0.6 is 11.6 Å². The van der Waals surface area contributed by atoms with Crippen molar-refractivity contribution in [1.29, 1.82) is 0 Å². The van der Waals surface area contributed by atoms with Crippen LogP contribution in [0.15, 0.2) is 34.9 Å². The fourth-order valence-corrected chi connectivity index (χ4v) is 1.28. The van der Waals surface area contributed by atoms with Gasteiger partial charge in [-0.2, -0.15) is 13.2 Å². The van der Waals surface area contributed by atoms with Crippen LogP contribution in [0.5, 0.6) is 0 Å². The van der Waals surface area contributed by atoms with Gasteiger partial charge in [0.1, 0.15) is 0 Å². The zero-order valence-corrected chi connectivity index (χ0v) is 8.36. The van der Waals surface area contributed by atoms with Crippen molar-refractivity contribution < 1.29 is 13.2 Å². The molecule has 0 saturated heterocycles. The summed E-state index contributed by atoms with van der Waals surface area (Å²) in [5.74, 6) is 0.0785. The van der Waals surface area contributed by atoms with Gasteiger partial charge in [-0.25, -0.2) is 0 Å². The van der Waals surface area contributed by atoms with Gasteiger partial charge in [0.25, 0.3) is 0 Å². The molecule has 1 unspecified atom stereocenters. The Balaban J connectivity index is 3.03. The van der Waals surface area contributed by atoms with Crippen LogP contribution < -0.4 is 0 Å². The van der Waals surface area contributed by atoms with Gasteiger partial charge >= 0.3 is 6.18 Å². The molecule has 0 saturated carbocycles. The highest BCUT2D eigenvalue weighted by molar-refractivity contribution is 6.31. The quantitative estimate of drug-likeness (QED) is 0.576. The molecule has 0 radical (unpaired) electrons. The summed E-state index contributed by atoms with van der Waals surface area (Å²) in [4.78, 5) is 0. The number of alkyl halides is 3. The summed E-state index contributed by atoms with van der Waals surface area (Å²) in [7, 11) is 0. The normalized spacial score (nSPS) is 23.6. The third-order valence-electron chi connectivity index (χ3n) is 1.91. The van der Waals surface area contributed by atoms with E-state index in [4.69, 9.17) is 11.6 Å². The molecule has 1 aliphatic rings. The van der Waals surface area contributed by atoms with Crippen LogP contribution in [0.25, 0.3) is 0 Å². The highest BCUT2D eigenvalue weighted by Crippen LogP contribution is 2.30. The van der Waals surface area contributed by atoms with E-state index in [-0.39, 0.29) is 11.0 Å². The van der Waals surface area contributed by atoms with E-state index in [0.717, 1.165) is 12.2 Å². The Bertz CT molecular complexity index is 297. The maximum absolute atomic E-state index is 12.3. The van der Waals surface area contributed by atoms with Crippen molar-refractivity contribution >= 4 is 11.6 Å². The van der Waals surface area contributed by atoms with Crippen molar-refractivity contribution in [2.24, 2.45) is 5.92 Å². The first kappa shape index (κ1) is 11.4. The Kier molecular flexibility index (Phi) is 3.43. The van der Waals surface area contributed by atoms with Crippen molar-refractivity contribution in [3.63, 3.8) is 0 Å². The molecular formula is C10H10ClF3. The van der Waals surface area contributed by atoms with E-state index in [1.165, 1.54) is 0 Å². The number of allylic oxidation sites excluding steroid dienone is 6. The monoisotopic (exact) mass is 222 g/mol. The lowest BCUT2D eigenvalue weighted by Crippen LogP contribution is -2.10. The average molecular weight is 223 g/mol. The number of hydrogen-bond donors (Lipinski definition) is 0. The van der Waals surface area contributed by atoms with E-state index in [0.29, 0.717) is 6.42 Å². The summed E-state index contributed by atoms with van der Waals surface area (Å²) in [6, 6.07) is 0. The summed E-state index contributed by atoms with van der Waals surface area (Å²) >= 11 is 5.61. The summed E-state index contributed by atoms with van der Waals surface area (Å²) in [6.45, 7) is 1.84. The summed E-state index contributed by atoms with van der Waals surface area (Å²) in [6.07, 6.45) is 1.50. The summed E-state index contributed by atoms with van der Waals surface area (Å²) in [5, 5.41) is 0.147. The minimum Gasteiger partial charge on any atom is -0.166 e. The van der Waals surface area contributed by atoms with Gasteiger partial charge in [-0.15, -0.1) is 0 Å². The predicted molar refractivity (Wildman–Crippen MR) is 51.0 cm³/mol. The van der Waals surface area contributed by atoms with E-state index in [1.807, 2.05) is 6.92 Å². The van der Waals surface area contributed by atoms with Gasteiger partial charge in [0.15, 0.2) is 0 Å². The van der Waals surface area contributed by atoms with Crippen molar-refractivity contribution in [2.45, 2.75) is 19.5 Å². The topological polar surface area (TPSA) is 0 Å². The van der Waals surface area contributed by atoms with Crippen molar-refractivity contribution in [3.8, 4) is 0 Å². The molecule has 1 atom stereocenters. The Labute approximate surface area is 85.7 Å². The van der Waals surface area contributed by atoms with Crippen LogP contribution in [0.3, 0.4) is 0 Å². The first-order chi connectivity index (χ1) is 6.39. The first-order valence-electron chi connectivity index (χ1n) is 4.22. The smallest absolute Gasteiger partial charge is 0.166 e. The molecule has 0 amide bonds. The molecule has 14 heavy (non-hydrogen) atoms. The van der Waals surface area contributed by atoms with E-state index in [2.05, 4.69) is 0 Å². The molecule has 1 aliphatic carbocycles. The predicted octanol–water partition coefficient (Wildman–Crippen LogP) is 4.19. The molecule has 0 bridgehead atoms. The lowest BCUT2D eigenvalue weighted by Gasteiger charge is -2.11.